The molecule has 0 aliphatic heterocycles. The lowest BCUT2D eigenvalue weighted by atomic mass is 10.1. The number of carbonyl (C=O) groups excluding carboxylic acids is 1. The van der Waals surface area contributed by atoms with E-state index in [-0.39, 0.29) is 11.8 Å². The molecule has 2 aromatic carbocycles. The molecule has 0 aliphatic rings. The summed E-state index contributed by atoms with van der Waals surface area (Å²) in [4.78, 5) is 12.7. The molecule has 0 saturated carbocycles. The van der Waals surface area contributed by atoms with E-state index in [1.54, 1.807) is 35.1 Å². The van der Waals surface area contributed by atoms with E-state index < -0.39 is 0 Å². The van der Waals surface area contributed by atoms with Gasteiger partial charge in [-0.25, -0.2) is 4.68 Å². The zero-order valence-corrected chi connectivity index (χ0v) is 15.8. The summed E-state index contributed by atoms with van der Waals surface area (Å²) in [6, 6.07) is 14.5. The lowest BCUT2D eigenvalue weighted by Gasteiger charge is -2.14. The number of amides is 1. The van der Waals surface area contributed by atoms with Gasteiger partial charge in [-0.05, 0) is 42.3 Å². The second-order valence-corrected chi connectivity index (χ2v) is 6.95. The first-order valence-electron chi connectivity index (χ1n) is 8.11. The summed E-state index contributed by atoms with van der Waals surface area (Å²) < 4.78 is 1.74. The highest BCUT2D eigenvalue weighted by atomic mass is 35.5. The third kappa shape index (κ3) is 4.00. The van der Waals surface area contributed by atoms with Crippen LogP contribution in [0.2, 0.25) is 10.0 Å². The van der Waals surface area contributed by atoms with Crippen LogP contribution in [0.1, 0.15) is 35.8 Å². The summed E-state index contributed by atoms with van der Waals surface area (Å²) >= 11 is 12.0. The molecular weight excluding hydrogens is 371 g/mol. The third-order valence-corrected chi connectivity index (χ3v) is 4.27. The minimum atomic E-state index is -0.276. The quantitative estimate of drug-likeness (QED) is 0.600. The molecule has 2 N–H and O–H groups in total. The number of benzene rings is 2. The summed E-state index contributed by atoms with van der Waals surface area (Å²) in [7, 11) is 0. The molecule has 0 bridgehead atoms. The van der Waals surface area contributed by atoms with Crippen LogP contribution in [0.15, 0.2) is 54.7 Å². The maximum absolute atomic E-state index is 12.7. The summed E-state index contributed by atoms with van der Waals surface area (Å²) in [5.41, 5.74) is 8.35. The van der Waals surface area contributed by atoms with Crippen LogP contribution < -0.4 is 10.9 Å². The highest BCUT2D eigenvalue weighted by Gasteiger charge is 2.21. The van der Waals surface area contributed by atoms with Crippen molar-refractivity contribution in [2.45, 2.75) is 19.8 Å². The van der Waals surface area contributed by atoms with Gasteiger partial charge in [-0.3, -0.25) is 15.6 Å². The molecule has 0 saturated heterocycles. The molecule has 1 aromatic heterocycles. The predicted molar refractivity (Wildman–Crippen MR) is 105 cm³/mol. The molecule has 0 radical (unpaired) electrons. The van der Waals surface area contributed by atoms with Crippen molar-refractivity contribution >= 4 is 34.8 Å². The Morgan fingerprint density at radius 2 is 1.77 bits per heavy atom. The Labute approximate surface area is 161 Å². The van der Waals surface area contributed by atoms with Gasteiger partial charge >= 0.3 is 0 Å². The maximum atomic E-state index is 12.7. The monoisotopic (exact) mass is 388 g/mol. The molecule has 134 valence electrons. The molecule has 0 aliphatic carbocycles. The first-order chi connectivity index (χ1) is 12.5. The second-order valence-electron chi connectivity index (χ2n) is 6.08. The molecule has 0 atom stereocenters. The van der Waals surface area contributed by atoms with Crippen LogP contribution in [0.5, 0.6) is 0 Å². The average Bonchev–Trinajstić information content (AvgIpc) is 3.05. The number of carbonyl (C=O) groups is 1. The highest BCUT2D eigenvalue weighted by molar-refractivity contribution is 6.31. The highest BCUT2D eigenvalue weighted by Crippen LogP contribution is 2.24. The van der Waals surface area contributed by atoms with Crippen LogP contribution in [0, 0.1) is 0 Å². The third-order valence-electron chi connectivity index (χ3n) is 3.80. The number of hydrogen-bond donors (Lipinski definition) is 2. The van der Waals surface area contributed by atoms with Crippen molar-refractivity contribution in [3.05, 3.63) is 76.0 Å². The molecule has 0 spiro atoms. The number of nitrogens with zero attached hydrogens (tertiary/aromatic N) is 2. The number of aromatic nitrogens is 2. The number of anilines is 1. The standard InChI is InChI=1S/C19H18Cl2N4O/c1-12(2)18-17(11-22-25(18)16-8-4-6-14(21)10-16)19(26)24-23-15-7-3-5-13(20)9-15/h3-12,23H,1-2H3,(H,24,26). The molecule has 0 unspecified atom stereocenters. The molecule has 3 rings (SSSR count). The Kier molecular flexibility index (Phi) is 5.49. The van der Waals surface area contributed by atoms with Gasteiger partial charge in [0.15, 0.2) is 0 Å². The van der Waals surface area contributed by atoms with Crippen LogP contribution in [-0.4, -0.2) is 15.7 Å². The zero-order chi connectivity index (χ0) is 18.7. The minimum Gasteiger partial charge on any atom is -0.298 e. The van der Waals surface area contributed by atoms with E-state index in [0.717, 1.165) is 11.4 Å². The van der Waals surface area contributed by atoms with E-state index in [1.165, 1.54) is 0 Å². The Bertz CT molecular complexity index is 937. The summed E-state index contributed by atoms with van der Waals surface area (Å²) in [6.07, 6.45) is 1.56. The lowest BCUT2D eigenvalue weighted by molar-refractivity contribution is 0.0961. The molecule has 1 heterocycles. The largest absolute Gasteiger partial charge is 0.298 e. The summed E-state index contributed by atoms with van der Waals surface area (Å²) in [6.45, 7) is 4.03. The van der Waals surface area contributed by atoms with Crippen molar-refractivity contribution in [2.24, 2.45) is 0 Å². The first kappa shape index (κ1) is 18.3. The molecule has 1 amide bonds. The van der Waals surface area contributed by atoms with Crippen LogP contribution in [-0.2, 0) is 0 Å². The van der Waals surface area contributed by atoms with Crippen molar-refractivity contribution in [1.29, 1.82) is 0 Å². The molecule has 3 aromatic rings. The van der Waals surface area contributed by atoms with E-state index in [4.69, 9.17) is 23.2 Å². The van der Waals surface area contributed by atoms with E-state index >= 15 is 0 Å². The second kappa shape index (κ2) is 7.81. The summed E-state index contributed by atoms with van der Waals surface area (Å²) in [5.74, 6) is -0.189. The van der Waals surface area contributed by atoms with E-state index in [0.29, 0.717) is 21.3 Å². The Balaban J connectivity index is 1.86. The van der Waals surface area contributed by atoms with Crippen LogP contribution >= 0.6 is 23.2 Å². The fourth-order valence-corrected chi connectivity index (χ4v) is 3.04. The van der Waals surface area contributed by atoms with E-state index in [9.17, 15) is 4.79 Å². The van der Waals surface area contributed by atoms with Gasteiger partial charge < -0.3 is 0 Å². The van der Waals surface area contributed by atoms with Gasteiger partial charge in [0.1, 0.15) is 0 Å². The van der Waals surface area contributed by atoms with Crippen molar-refractivity contribution in [1.82, 2.24) is 15.2 Å². The van der Waals surface area contributed by atoms with Crippen LogP contribution in [0.4, 0.5) is 5.69 Å². The molecule has 0 fully saturated rings. The molecule has 5 nitrogen and oxygen atoms in total. The fraction of sp³-hybridized carbons (Fsp3) is 0.158. The molecular formula is C19H18Cl2N4O. The predicted octanol–water partition coefficient (Wildman–Crippen LogP) is 5.06. The smallest absolute Gasteiger partial charge is 0.273 e. The SMILES string of the molecule is CC(C)c1c(C(=O)NNc2cccc(Cl)c2)cnn1-c1cccc(Cl)c1. The van der Waals surface area contributed by atoms with Crippen molar-refractivity contribution in [3.8, 4) is 5.69 Å². The Hall–Kier alpha value is -2.50. The van der Waals surface area contributed by atoms with Crippen molar-refractivity contribution < 1.29 is 4.79 Å². The first-order valence-corrected chi connectivity index (χ1v) is 8.87. The van der Waals surface area contributed by atoms with Crippen LogP contribution in [0.3, 0.4) is 0 Å². The molecule has 7 heteroatoms. The van der Waals surface area contributed by atoms with Gasteiger partial charge in [-0.2, -0.15) is 5.10 Å². The lowest BCUT2D eigenvalue weighted by Crippen LogP contribution is -2.30. The van der Waals surface area contributed by atoms with Crippen LogP contribution in [0.25, 0.3) is 5.69 Å². The zero-order valence-electron chi connectivity index (χ0n) is 14.3. The average molecular weight is 389 g/mol. The van der Waals surface area contributed by atoms with E-state index in [2.05, 4.69) is 16.0 Å². The number of nitrogens with one attached hydrogen (secondary N) is 2. The topological polar surface area (TPSA) is 59.0 Å². The maximum Gasteiger partial charge on any atom is 0.273 e. The Morgan fingerprint density at radius 1 is 1.08 bits per heavy atom. The number of halogens is 2. The van der Waals surface area contributed by atoms with Crippen molar-refractivity contribution in [3.63, 3.8) is 0 Å². The normalized spacial score (nSPS) is 10.8. The number of rotatable bonds is 5. The van der Waals surface area contributed by atoms with Gasteiger partial charge in [0.25, 0.3) is 5.91 Å². The minimum absolute atomic E-state index is 0.0865. The Morgan fingerprint density at radius 3 is 2.42 bits per heavy atom. The van der Waals surface area contributed by atoms with Gasteiger partial charge in [-0.15, -0.1) is 0 Å². The summed E-state index contributed by atoms with van der Waals surface area (Å²) in [5, 5.41) is 5.58. The van der Waals surface area contributed by atoms with Gasteiger partial charge in [-0.1, -0.05) is 49.2 Å². The fourth-order valence-electron chi connectivity index (χ4n) is 2.66. The van der Waals surface area contributed by atoms with Crippen molar-refractivity contribution in [2.75, 3.05) is 5.43 Å². The number of hydrogen-bond acceptors (Lipinski definition) is 3. The molecule has 26 heavy (non-hydrogen) atoms. The van der Waals surface area contributed by atoms with Gasteiger partial charge in [0, 0.05) is 10.0 Å². The van der Waals surface area contributed by atoms with E-state index in [1.807, 2.05) is 38.1 Å². The van der Waals surface area contributed by atoms with Gasteiger partial charge in [0.05, 0.1) is 28.8 Å². The number of hydrazine groups is 1. The van der Waals surface area contributed by atoms with Gasteiger partial charge in [0.2, 0.25) is 0 Å².